The quantitative estimate of drug-likeness (QED) is 0.531. The fourth-order valence-electron chi connectivity index (χ4n) is 4.81. The maximum atomic E-state index is 13.2. The molecule has 0 aliphatic heterocycles. The van der Waals surface area contributed by atoms with Crippen LogP contribution in [0.1, 0.15) is 35.4 Å². The molecule has 3 aromatic rings. The Bertz CT molecular complexity index is 971. The second-order valence-electron chi connectivity index (χ2n) is 8.23. The van der Waals surface area contributed by atoms with Gasteiger partial charge in [0.05, 0.1) is 12.5 Å². The summed E-state index contributed by atoms with van der Waals surface area (Å²) in [5.74, 6) is -4.81. The number of carboxylic acid groups (broad SMARTS) is 1. The van der Waals surface area contributed by atoms with E-state index in [2.05, 4.69) is 0 Å². The van der Waals surface area contributed by atoms with E-state index in [-0.39, 0.29) is 12.4 Å². The Labute approximate surface area is 180 Å². The molecule has 0 heterocycles. The van der Waals surface area contributed by atoms with Crippen LogP contribution in [-0.2, 0) is 16.1 Å². The van der Waals surface area contributed by atoms with Crippen LogP contribution in [0.3, 0.4) is 0 Å². The number of aliphatic carboxylic acids is 1. The van der Waals surface area contributed by atoms with Crippen molar-refractivity contribution < 1.29 is 24.1 Å². The summed E-state index contributed by atoms with van der Waals surface area (Å²) in [4.78, 5) is 12.3. The number of ether oxygens (including phenoxy) is 1. The number of carboxylic acids is 1. The van der Waals surface area contributed by atoms with E-state index in [0.717, 1.165) is 16.7 Å². The van der Waals surface area contributed by atoms with Crippen LogP contribution in [-0.4, -0.2) is 22.0 Å². The molecule has 4 nitrogen and oxygen atoms in total. The summed E-state index contributed by atoms with van der Waals surface area (Å²) in [6.07, 6.45) is 0. The van der Waals surface area contributed by atoms with Crippen molar-refractivity contribution in [2.24, 2.45) is 11.8 Å². The normalized spacial score (nSPS) is 24.7. The van der Waals surface area contributed by atoms with Gasteiger partial charge in [-0.1, -0.05) is 72.8 Å². The maximum Gasteiger partial charge on any atom is 0.307 e. The summed E-state index contributed by atoms with van der Waals surface area (Å²) in [6.45, 7) is 1.68. The smallest absolute Gasteiger partial charge is 0.307 e. The predicted molar refractivity (Wildman–Crippen MR) is 115 cm³/mol. The van der Waals surface area contributed by atoms with Gasteiger partial charge >= 0.3 is 5.97 Å². The van der Waals surface area contributed by atoms with Crippen molar-refractivity contribution >= 4 is 5.97 Å². The van der Waals surface area contributed by atoms with Crippen LogP contribution in [0, 0.1) is 17.7 Å². The van der Waals surface area contributed by atoms with Gasteiger partial charge < -0.3 is 14.9 Å². The van der Waals surface area contributed by atoms with Crippen LogP contribution in [0.15, 0.2) is 84.9 Å². The molecule has 0 bridgehead atoms. The molecule has 3 aromatic carbocycles. The molecule has 0 saturated heterocycles. The molecule has 31 heavy (non-hydrogen) atoms. The molecule has 5 atom stereocenters. The highest BCUT2D eigenvalue weighted by Gasteiger charge is 2.61. The number of rotatable bonds is 7. The average molecular weight is 420 g/mol. The summed E-state index contributed by atoms with van der Waals surface area (Å²) in [5, 5.41) is 21.5. The Balaban J connectivity index is 1.68. The number of benzene rings is 3. The van der Waals surface area contributed by atoms with E-state index in [9.17, 15) is 19.4 Å². The zero-order valence-electron chi connectivity index (χ0n) is 17.2. The number of halogens is 1. The molecule has 0 spiro atoms. The third kappa shape index (κ3) is 4.24. The first-order valence-corrected chi connectivity index (χ1v) is 10.3. The topological polar surface area (TPSA) is 66.8 Å². The van der Waals surface area contributed by atoms with E-state index in [1.807, 2.05) is 60.7 Å². The Hall–Kier alpha value is -3.02. The lowest BCUT2D eigenvalue weighted by molar-refractivity contribution is -0.265. The fourth-order valence-corrected chi connectivity index (χ4v) is 4.81. The van der Waals surface area contributed by atoms with Gasteiger partial charge in [0.15, 0.2) is 5.79 Å². The first-order valence-electron chi connectivity index (χ1n) is 10.3. The van der Waals surface area contributed by atoms with Gasteiger partial charge in [-0.2, -0.15) is 0 Å². The van der Waals surface area contributed by atoms with Crippen LogP contribution in [0.25, 0.3) is 0 Å². The minimum Gasteiger partial charge on any atom is -0.481 e. The summed E-state index contributed by atoms with van der Waals surface area (Å²) in [6, 6.07) is 24.7. The minimum atomic E-state index is -1.60. The van der Waals surface area contributed by atoms with E-state index in [4.69, 9.17) is 4.74 Å². The zero-order chi connectivity index (χ0) is 22.0. The number of hydrogen-bond acceptors (Lipinski definition) is 3. The van der Waals surface area contributed by atoms with Crippen molar-refractivity contribution in [2.45, 2.75) is 31.2 Å². The molecule has 1 aliphatic rings. The molecule has 1 aliphatic carbocycles. The predicted octanol–water partition coefficient (Wildman–Crippen LogP) is 4.95. The highest BCUT2D eigenvalue weighted by atomic mass is 19.1. The van der Waals surface area contributed by atoms with Gasteiger partial charge in [-0.15, -0.1) is 0 Å². The number of aliphatic hydroxyl groups is 1. The molecule has 4 unspecified atom stereocenters. The molecule has 160 valence electrons. The monoisotopic (exact) mass is 420 g/mol. The molecular formula is C26H25FO4. The molecule has 1 fully saturated rings. The van der Waals surface area contributed by atoms with Gasteiger partial charge in [-0.05, 0) is 35.7 Å². The van der Waals surface area contributed by atoms with Crippen LogP contribution < -0.4 is 0 Å². The first kappa shape index (κ1) is 21.2. The van der Waals surface area contributed by atoms with Crippen molar-refractivity contribution in [3.8, 4) is 0 Å². The number of hydrogen-bond donors (Lipinski definition) is 2. The SMILES string of the molecule is CC(O)(OCc1ccc(F)cc1)C1C(c2ccccc2)C(C(=O)O)[C@@H]1c1ccccc1. The Morgan fingerprint density at radius 3 is 1.84 bits per heavy atom. The molecule has 5 heteroatoms. The van der Waals surface area contributed by atoms with E-state index in [0.29, 0.717) is 0 Å². The zero-order valence-corrected chi connectivity index (χ0v) is 17.2. The lowest BCUT2D eigenvalue weighted by Crippen LogP contribution is -2.57. The van der Waals surface area contributed by atoms with Crippen molar-refractivity contribution in [1.82, 2.24) is 0 Å². The second kappa shape index (κ2) is 8.61. The van der Waals surface area contributed by atoms with E-state index < -0.39 is 35.4 Å². The number of carbonyl (C=O) groups is 1. The highest BCUT2D eigenvalue weighted by molar-refractivity contribution is 5.75. The van der Waals surface area contributed by atoms with Gasteiger partial charge in [0, 0.05) is 17.8 Å². The van der Waals surface area contributed by atoms with Crippen LogP contribution in [0.4, 0.5) is 4.39 Å². The van der Waals surface area contributed by atoms with E-state index >= 15 is 0 Å². The Kier molecular flexibility index (Phi) is 5.90. The van der Waals surface area contributed by atoms with Crippen LogP contribution >= 0.6 is 0 Å². The first-order chi connectivity index (χ1) is 14.9. The fraction of sp³-hybridized carbons (Fsp3) is 0.269. The van der Waals surface area contributed by atoms with Gasteiger partial charge in [0.1, 0.15) is 5.82 Å². The molecular weight excluding hydrogens is 395 g/mol. The van der Waals surface area contributed by atoms with Crippen molar-refractivity contribution in [3.63, 3.8) is 0 Å². The van der Waals surface area contributed by atoms with Gasteiger partial charge in [0.2, 0.25) is 0 Å². The summed E-state index contributed by atoms with van der Waals surface area (Å²) in [5.41, 5.74) is 2.44. The highest BCUT2D eigenvalue weighted by Crippen LogP contribution is 2.61. The van der Waals surface area contributed by atoms with Crippen molar-refractivity contribution in [2.75, 3.05) is 0 Å². The molecule has 0 radical (unpaired) electrons. The van der Waals surface area contributed by atoms with Gasteiger partial charge in [-0.25, -0.2) is 4.39 Å². The van der Waals surface area contributed by atoms with E-state index in [1.165, 1.54) is 12.1 Å². The summed E-state index contributed by atoms with van der Waals surface area (Å²) in [7, 11) is 0. The molecule has 0 amide bonds. The standard InChI is InChI=1S/C26H25FO4/c1-26(30,31-16-17-12-14-20(27)15-13-17)24-21(18-8-4-2-5-9-18)23(25(28)29)22(24)19-10-6-3-7-11-19/h2-15,21-24,30H,16H2,1H3,(H,28,29)/t21-,22?,23?,24?,26?/m0/s1. The van der Waals surface area contributed by atoms with Crippen molar-refractivity contribution in [3.05, 3.63) is 107 Å². The lowest BCUT2D eigenvalue weighted by atomic mass is 9.50. The third-order valence-corrected chi connectivity index (χ3v) is 6.26. The van der Waals surface area contributed by atoms with Gasteiger partial charge in [0.25, 0.3) is 0 Å². The molecule has 1 saturated carbocycles. The molecule has 4 rings (SSSR count). The average Bonchev–Trinajstić information content (AvgIpc) is 2.74. The Morgan fingerprint density at radius 1 is 0.903 bits per heavy atom. The molecule has 0 aromatic heterocycles. The lowest BCUT2D eigenvalue weighted by Gasteiger charge is -2.55. The Morgan fingerprint density at radius 2 is 1.39 bits per heavy atom. The maximum absolute atomic E-state index is 13.2. The van der Waals surface area contributed by atoms with Crippen molar-refractivity contribution in [1.29, 1.82) is 0 Å². The minimum absolute atomic E-state index is 0.0878. The van der Waals surface area contributed by atoms with Crippen LogP contribution in [0.2, 0.25) is 0 Å². The van der Waals surface area contributed by atoms with Crippen LogP contribution in [0.5, 0.6) is 0 Å². The van der Waals surface area contributed by atoms with E-state index in [1.54, 1.807) is 19.1 Å². The largest absolute Gasteiger partial charge is 0.481 e. The summed E-state index contributed by atoms with van der Waals surface area (Å²) >= 11 is 0. The van der Waals surface area contributed by atoms with Gasteiger partial charge in [-0.3, -0.25) is 4.79 Å². The second-order valence-corrected chi connectivity index (χ2v) is 8.23. The third-order valence-electron chi connectivity index (χ3n) is 6.26. The summed E-state index contributed by atoms with van der Waals surface area (Å²) < 4.78 is 19.1. The molecule has 2 N–H and O–H groups in total.